The molecule has 2 rings (SSSR count). The predicted octanol–water partition coefficient (Wildman–Crippen LogP) is 0.545. The molecule has 21 heavy (non-hydrogen) atoms. The van der Waals surface area contributed by atoms with Crippen LogP contribution >= 0.6 is 11.8 Å². The van der Waals surface area contributed by atoms with Crippen molar-refractivity contribution in [2.24, 2.45) is 0 Å². The molecular formula is C13H21N5O2S. The van der Waals surface area contributed by atoms with Crippen LogP contribution in [-0.4, -0.2) is 44.5 Å². The van der Waals surface area contributed by atoms with Crippen LogP contribution in [0.3, 0.4) is 0 Å². The van der Waals surface area contributed by atoms with Gasteiger partial charge in [0, 0.05) is 13.1 Å². The Morgan fingerprint density at radius 3 is 2.48 bits per heavy atom. The van der Waals surface area contributed by atoms with E-state index in [4.69, 9.17) is 5.84 Å². The van der Waals surface area contributed by atoms with Crippen LogP contribution in [-0.2, 0) is 4.79 Å². The van der Waals surface area contributed by atoms with Crippen molar-refractivity contribution in [3.63, 3.8) is 0 Å². The number of amides is 1. The number of nitrogens with zero attached hydrogens (tertiary/aromatic N) is 4. The van der Waals surface area contributed by atoms with Crippen LogP contribution < -0.4 is 11.4 Å². The molecule has 0 aliphatic carbocycles. The maximum atomic E-state index is 12.2. The van der Waals surface area contributed by atoms with Gasteiger partial charge in [-0.1, -0.05) is 31.0 Å². The van der Waals surface area contributed by atoms with Crippen LogP contribution in [0.5, 0.6) is 0 Å². The van der Waals surface area contributed by atoms with E-state index in [9.17, 15) is 9.59 Å². The number of carbonyl (C=O) groups excluding carboxylic acids is 1. The summed E-state index contributed by atoms with van der Waals surface area (Å²) >= 11 is 1.16. The van der Waals surface area contributed by atoms with Gasteiger partial charge in [-0.3, -0.25) is 9.59 Å². The molecule has 116 valence electrons. The standard InChI is InChI=1S/C13H21N5O2S/c1-10-12(20)18(14)13(16-15-10)21-9-11(19)17-7-5-3-2-4-6-8-17/h2-9,14H2,1H3. The number of aromatic nitrogens is 3. The Kier molecular flexibility index (Phi) is 5.60. The summed E-state index contributed by atoms with van der Waals surface area (Å²) < 4.78 is 0.952. The lowest BCUT2D eigenvalue weighted by Gasteiger charge is -2.24. The molecule has 0 aromatic carbocycles. The molecule has 0 bridgehead atoms. The van der Waals surface area contributed by atoms with Crippen LogP contribution in [0.15, 0.2) is 9.95 Å². The van der Waals surface area contributed by atoms with Gasteiger partial charge in [-0.15, -0.1) is 10.2 Å². The molecule has 0 spiro atoms. The third-order valence-electron chi connectivity index (χ3n) is 3.55. The first-order valence-corrected chi connectivity index (χ1v) is 8.20. The molecule has 1 fully saturated rings. The summed E-state index contributed by atoms with van der Waals surface area (Å²) in [6.45, 7) is 3.18. The van der Waals surface area contributed by atoms with E-state index in [1.165, 1.54) is 19.3 Å². The fourth-order valence-corrected chi connectivity index (χ4v) is 3.04. The van der Waals surface area contributed by atoms with Gasteiger partial charge in [0.1, 0.15) is 5.69 Å². The van der Waals surface area contributed by atoms with Crippen LogP contribution in [0, 0.1) is 6.92 Å². The molecule has 7 nitrogen and oxygen atoms in total. The molecule has 1 amide bonds. The van der Waals surface area contributed by atoms with Crippen LogP contribution in [0.1, 0.15) is 37.8 Å². The van der Waals surface area contributed by atoms with Crippen molar-refractivity contribution in [3.8, 4) is 0 Å². The maximum Gasteiger partial charge on any atom is 0.294 e. The second kappa shape index (κ2) is 7.44. The molecule has 0 radical (unpaired) electrons. The third-order valence-corrected chi connectivity index (χ3v) is 4.48. The van der Waals surface area contributed by atoms with Gasteiger partial charge >= 0.3 is 0 Å². The molecular weight excluding hydrogens is 290 g/mol. The number of nitrogens with two attached hydrogens (primary N) is 1. The van der Waals surface area contributed by atoms with E-state index in [1.807, 2.05) is 4.90 Å². The van der Waals surface area contributed by atoms with E-state index in [1.54, 1.807) is 6.92 Å². The molecule has 0 unspecified atom stereocenters. The SMILES string of the molecule is Cc1nnc(SCC(=O)N2CCCCCCC2)n(N)c1=O. The molecule has 1 aliphatic heterocycles. The normalized spacial score (nSPS) is 16.3. The largest absolute Gasteiger partial charge is 0.342 e. The van der Waals surface area contributed by atoms with Gasteiger partial charge in [-0.05, 0) is 19.8 Å². The number of carbonyl (C=O) groups is 1. The number of hydrogen-bond donors (Lipinski definition) is 1. The van der Waals surface area contributed by atoms with Crippen molar-refractivity contribution in [1.82, 2.24) is 19.8 Å². The lowest BCUT2D eigenvalue weighted by Crippen LogP contribution is -2.36. The van der Waals surface area contributed by atoms with E-state index >= 15 is 0 Å². The predicted molar refractivity (Wildman–Crippen MR) is 81.6 cm³/mol. The minimum atomic E-state index is -0.383. The van der Waals surface area contributed by atoms with E-state index in [0.717, 1.165) is 42.4 Å². The van der Waals surface area contributed by atoms with E-state index < -0.39 is 0 Å². The molecule has 2 heterocycles. The number of hydrogen-bond acceptors (Lipinski definition) is 6. The monoisotopic (exact) mass is 311 g/mol. The zero-order valence-corrected chi connectivity index (χ0v) is 13.1. The molecule has 0 atom stereocenters. The fraction of sp³-hybridized carbons (Fsp3) is 0.692. The Morgan fingerprint density at radius 2 is 1.81 bits per heavy atom. The molecule has 0 saturated carbocycles. The van der Waals surface area contributed by atoms with Crippen molar-refractivity contribution < 1.29 is 4.79 Å². The zero-order chi connectivity index (χ0) is 15.2. The smallest absolute Gasteiger partial charge is 0.294 e. The van der Waals surface area contributed by atoms with Gasteiger partial charge < -0.3 is 10.7 Å². The number of aryl methyl sites for hydroxylation is 1. The highest BCUT2D eigenvalue weighted by Gasteiger charge is 2.16. The first kappa shape index (κ1) is 15.8. The highest BCUT2D eigenvalue weighted by molar-refractivity contribution is 7.99. The average molecular weight is 311 g/mol. The Hall–Kier alpha value is -1.57. The molecule has 1 aromatic heterocycles. The van der Waals surface area contributed by atoms with Crippen LogP contribution in [0.2, 0.25) is 0 Å². The van der Waals surface area contributed by atoms with E-state index in [0.29, 0.717) is 0 Å². The Labute approximate surface area is 127 Å². The maximum absolute atomic E-state index is 12.2. The Balaban J connectivity index is 1.94. The lowest BCUT2D eigenvalue weighted by atomic mass is 10.1. The first-order valence-electron chi connectivity index (χ1n) is 7.21. The summed E-state index contributed by atoms with van der Waals surface area (Å²) in [7, 11) is 0. The minimum absolute atomic E-state index is 0.0664. The van der Waals surface area contributed by atoms with Crippen LogP contribution in [0.4, 0.5) is 0 Å². The Morgan fingerprint density at radius 1 is 1.19 bits per heavy atom. The van der Waals surface area contributed by atoms with Gasteiger partial charge in [0.05, 0.1) is 5.75 Å². The summed E-state index contributed by atoms with van der Waals surface area (Å²) in [6.07, 6.45) is 5.74. The number of nitrogen functional groups attached to an aromatic ring is 1. The second-order valence-corrected chi connectivity index (χ2v) is 6.12. The van der Waals surface area contributed by atoms with Crippen molar-refractivity contribution in [2.75, 3.05) is 24.7 Å². The molecule has 1 aliphatic rings. The molecule has 1 saturated heterocycles. The summed E-state index contributed by atoms with van der Waals surface area (Å²) in [5.41, 5.74) is -0.136. The van der Waals surface area contributed by atoms with E-state index in [-0.39, 0.29) is 28.1 Å². The number of rotatable bonds is 3. The first-order chi connectivity index (χ1) is 10.1. The molecule has 8 heteroatoms. The average Bonchev–Trinajstić information content (AvgIpc) is 2.43. The Bertz CT molecular complexity index is 552. The summed E-state index contributed by atoms with van der Waals surface area (Å²) in [6, 6.07) is 0. The number of thioether (sulfide) groups is 1. The number of likely N-dealkylation sites (tertiary alicyclic amines) is 1. The summed E-state index contributed by atoms with van der Waals surface area (Å²) in [5.74, 6) is 5.95. The van der Waals surface area contributed by atoms with E-state index in [2.05, 4.69) is 10.2 Å². The third kappa shape index (κ3) is 4.20. The molecule has 2 N–H and O–H groups in total. The zero-order valence-electron chi connectivity index (χ0n) is 12.2. The van der Waals surface area contributed by atoms with Gasteiger partial charge in [0.15, 0.2) is 0 Å². The fourth-order valence-electron chi connectivity index (χ4n) is 2.28. The quantitative estimate of drug-likeness (QED) is 0.647. The van der Waals surface area contributed by atoms with Crippen molar-refractivity contribution in [2.45, 2.75) is 44.2 Å². The van der Waals surface area contributed by atoms with Crippen molar-refractivity contribution >= 4 is 17.7 Å². The summed E-state index contributed by atoms with van der Waals surface area (Å²) in [5, 5.41) is 7.89. The molecule has 1 aromatic rings. The highest BCUT2D eigenvalue weighted by atomic mass is 32.2. The second-order valence-electron chi connectivity index (χ2n) is 5.18. The van der Waals surface area contributed by atoms with Crippen molar-refractivity contribution in [3.05, 3.63) is 16.0 Å². The van der Waals surface area contributed by atoms with Crippen molar-refractivity contribution in [1.29, 1.82) is 0 Å². The minimum Gasteiger partial charge on any atom is -0.342 e. The highest BCUT2D eigenvalue weighted by Crippen LogP contribution is 2.15. The van der Waals surface area contributed by atoms with Gasteiger partial charge in [0.2, 0.25) is 11.1 Å². The van der Waals surface area contributed by atoms with Gasteiger partial charge in [-0.2, -0.15) is 4.68 Å². The van der Waals surface area contributed by atoms with Crippen LogP contribution in [0.25, 0.3) is 0 Å². The lowest BCUT2D eigenvalue weighted by molar-refractivity contribution is -0.128. The topological polar surface area (TPSA) is 94.1 Å². The van der Waals surface area contributed by atoms with Gasteiger partial charge in [-0.25, -0.2) is 0 Å². The summed E-state index contributed by atoms with van der Waals surface area (Å²) in [4.78, 5) is 25.8. The van der Waals surface area contributed by atoms with Gasteiger partial charge in [0.25, 0.3) is 5.56 Å².